The van der Waals surface area contributed by atoms with Crippen molar-refractivity contribution in [3.8, 4) is 0 Å². The van der Waals surface area contributed by atoms with E-state index in [2.05, 4.69) is 17.5 Å². The Balaban J connectivity index is 1.53. The van der Waals surface area contributed by atoms with Crippen LogP contribution < -0.4 is 5.32 Å². The zero-order valence-corrected chi connectivity index (χ0v) is 19.7. The summed E-state index contributed by atoms with van der Waals surface area (Å²) in [5.41, 5.74) is 3.25. The van der Waals surface area contributed by atoms with Gasteiger partial charge in [0.25, 0.3) is 0 Å². The third-order valence-electron chi connectivity index (χ3n) is 8.67. The first-order chi connectivity index (χ1) is 14.9. The Bertz CT molecular complexity index is 535. The molecule has 30 heavy (non-hydrogen) atoms. The first-order valence-electron chi connectivity index (χ1n) is 14.0. The fourth-order valence-corrected chi connectivity index (χ4v) is 6.71. The first-order valence-corrected chi connectivity index (χ1v) is 14.0. The van der Waals surface area contributed by atoms with Crippen molar-refractivity contribution in [3.63, 3.8) is 0 Å². The van der Waals surface area contributed by atoms with Crippen LogP contribution in [0.2, 0.25) is 0 Å². The highest BCUT2D eigenvalue weighted by molar-refractivity contribution is 5.31. The molecule has 3 fully saturated rings. The number of rotatable bonds is 3. The molecule has 3 saturated carbocycles. The summed E-state index contributed by atoms with van der Waals surface area (Å²) < 4.78 is 0. The van der Waals surface area contributed by atoms with Gasteiger partial charge in [-0.2, -0.15) is 0 Å². The SMILES string of the molecule is [C]1=C(C2CCCCCCC2)C=C(C2CCCCCCC2)NC1C1CCCCCCC1. The van der Waals surface area contributed by atoms with Crippen LogP contribution in [0.25, 0.3) is 0 Å². The van der Waals surface area contributed by atoms with Gasteiger partial charge in [-0.15, -0.1) is 0 Å². The smallest absolute Gasteiger partial charge is 0.0545 e. The average molecular weight is 411 g/mol. The van der Waals surface area contributed by atoms with Crippen molar-refractivity contribution in [2.45, 2.75) is 141 Å². The molecule has 0 bridgehead atoms. The minimum Gasteiger partial charge on any atom is -0.381 e. The molecule has 169 valence electrons. The van der Waals surface area contributed by atoms with Crippen LogP contribution >= 0.6 is 0 Å². The summed E-state index contributed by atoms with van der Waals surface area (Å²) in [6.45, 7) is 0. The molecule has 1 radical (unpaired) electrons. The highest BCUT2D eigenvalue weighted by Gasteiger charge is 2.29. The number of dihydropyridines is 1. The molecule has 0 spiro atoms. The van der Waals surface area contributed by atoms with Crippen LogP contribution in [0.4, 0.5) is 0 Å². The molecule has 1 unspecified atom stereocenters. The lowest BCUT2D eigenvalue weighted by molar-refractivity contribution is 0.303. The van der Waals surface area contributed by atoms with E-state index in [-0.39, 0.29) is 0 Å². The molecular formula is C29H48N. The van der Waals surface area contributed by atoms with Crippen LogP contribution in [0, 0.1) is 23.8 Å². The molecule has 0 aromatic carbocycles. The highest BCUT2D eigenvalue weighted by atomic mass is 14.9. The van der Waals surface area contributed by atoms with E-state index in [1.54, 1.807) is 11.3 Å². The summed E-state index contributed by atoms with van der Waals surface area (Å²) in [5, 5.41) is 4.12. The molecule has 0 aromatic heterocycles. The lowest BCUT2D eigenvalue weighted by Gasteiger charge is -2.36. The fraction of sp³-hybridized carbons (Fsp3) is 0.862. The lowest BCUT2D eigenvalue weighted by atomic mass is 9.77. The third kappa shape index (κ3) is 6.64. The van der Waals surface area contributed by atoms with Gasteiger partial charge in [-0.1, -0.05) is 96.3 Å². The summed E-state index contributed by atoms with van der Waals surface area (Å²) in [5.74, 6) is 2.38. The van der Waals surface area contributed by atoms with Gasteiger partial charge in [0, 0.05) is 5.70 Å². The van der Waals surface area contributed by atoms with E-state index >= 15 is 0 Å². The predicted octanol–water partition coefficient (Wildman–Crippen LogP) is 8.65. The largest absolute Gasteiger partial charge is 0.381 e. The van der Waals surface area contributed by atoms with Gasteiger partial charge in [0.2, 0.25) is 0 Å². The quantitative estimate of drug-likeness (QED) is 0.491. The standard InChI is InChI=1S/C29H48N/c1-4-10-16-24(17-11-5-1)27-22-28(25-18-12-6-2-7-13-19-25)30-29(23-27)26-20-14-8-3-9-15-21-26/h22,24-26,29-30H,1-21H2. The first kappa shape index (κ1) is 22.5. The fourth-order valence-electron chi connectivity index (χ4n) is 6.71. The van der Waals surface area contributed by atoms with Gasteiger partial charge in [-0.25, -0.2) is 0 Å². The van der Waals surface area contributed by atoms with Crippen molar-refractivity contribution in [1.29, 1.82) is 0 Å². The van der Waals surface area contributed by atoms with Crippen molar-refractivity contribution in [2.75, 3.05) is 0 Å². The maximum Gasteiger partial charge on any atom is 0.0545 e. The van der Waals surface area contributed by atoms with Crippen molar-refractivity contribution in [2.24, 2.45) is 17.8 Å². The van der Waals surface area contributed by atoms with Crippen molar-refractivity contribution in [3.05, 3.63) is 23.4 Å². The molecular weight excluding hydrogens is 362 g/mol. The van der Waals surface area contributed by atoms with Crippen LogP contribution in [0.15, 0.2) is 17.3 Å². The van der Waals surface area contributed by atoms with E-state index in [4.69, 9.17) is 0 Å². The molecule has 1 heteroatoms. The molecule has 0 amide bonds. The highest BCUT2D eigenvalue weighted by Crippen LogP contribution is 2.37. The molecule has 0 saturated heterocycles. The summed E-state index contributed by atoms with van der Waals surface area (Å²) in [4.78, 5) is 0. The monoisotopic (exact) mass is 410 g/mol. The lowest BCUT2D eigenvalue weighted by Crippen LogP contribution is -2.40. The van der Waals surface area contributed by atoms with E-state index < -0.39 is 0 Å². The third-order valence-corrected chi connectivity index (χ3v) is 8.67. The van der Waals surface area contributed by atoms with Crippen LogP contribution in [-0.2, 0) is 0 Å². The van der Waals surface area contributed by atoms with Gasteiger partial charge >= 0.3 is 0 Å². The van der Waals surface area contributed by atoms with Gasteiger partial charge in [0.15, 0.2) is 0 Å². The molecule has 3 aliphatic carbocycles. The van der Waals surface area contributed by atoms with Gasteiger partial charge in [0.1, 0.15) is 0 Å². The van der Waals surface area contributed by atoms with E-state index in [9.17, 15) is 0 Å². The van der Waals surface area contributed by atoms with Gasteiger partial charge in [-0.05, 0) is 74.0 Å². The van der Waals surface area contributed by atoms with Gasteiger partial charge in [0.05, 0.1) is 6.04 Å². The molecule has 0 aromatic rings. The Kier molecular flexibility index (Phi) is 9.25. The number of hydrogen-bond donors (Lipinski definition) is 1. The summed E-state index contributed by atoms with van der Waals surface area (Å²) in [6, 6.07) is 0.494. The zero-order valence-electron chi connectivity index (χ0n) is 19.7. The normalized spacial score (nSPS) is 29.8. The Morgan fingerprint density at radius 1 is 0.533 bits per heavy atom. The average Bonchev–Trinajstić information content (AvgIpc) is 2.67. The van der Waals surface area contributed by atoms with Crippen LogP contribution in [0.3, 0.4) is 0 Å². The van der Waals surface area contributed by atoms with E-state index in [0.717, 1.165) is 17.8 Å². The second-order valence-corrected chi connectivity index (χ2v) is 11.0. The molecule has 1 nitrogen and oxygen atoms in total. The number of allylic oxidation sites excluding steroid dienone is 3. The topological polar surface area (TPSA) is 12.0 Å². The second-order valence-electron chi connectivity index (χ2n) is 11.0. The number of nitrogens with one attached hydrogen (secondary N) is 1. The Morgan fingerprint density at radius 3 is 1.50 bits per heavy atom. The van der Waals surface area contributed by atoms with E-state index in [1.165, 1.54) is 135 Å². The van der Waals surface area contributed by atoms with Crippen LogP contribution in [0.5, 0.6) is 0 Å². The maximum atomic E-state index is 4.12. The minimum atomic E-state index is 0.494. The summed E-state index contributed by atoms with van der Waals surface area (Å²) in [7, 11) is 0. The summed E-state index contributed by atoms with van der Waals surface area (Å²) in [6.07, 6.45) is 36.9. The summed E-state index contributed by atoms with van der Waals surface area (Å²) >= 11 is 0. The molecule has 1 N–H and O–H groups in total. The molecule has 4 rings (SSSR count). The van der Waals surface area contributed by atoms with Gasteiger partial charge in [-0.3, -0.25) is 0 Å². The minimum absolute atomic E-state index is 0.494. The molecule has 1 atom stereocenters. The Labute approximate surface area is 187 Å². The van der Waals surface area contributed by atoms with Crippen molar-refractivity contribution >= 4 is 0 Å². The Hall–Kier alpha value is -0.720. The van der Waals surface area contributed by atoms with E-state index in [1.807, 2.05) is 0 Å². The zero-order chi connectivity index (χ0) is 20.4. The molecule has 4 aliphatic rings. The molecule has 1 aliphatic heterocycles. The van der Waals surface area contributed by atoms with Crippen LogP contribution in [0.1, 0.15) is 135 Å². The van der Waals surface area contributed by atoms with E-state index in [0.29, 0.717) is 6.04 Å². The molecule has 1 heterocycles. The Morgan fingerprint density at radius 2 is 0.967 bits per heavy atom. The predicted molar refractivity (Wildman–Crippen MR) is 129 cm³/mol. The van der Waals surface area contributed by atoms with Crippen molar-refractivity contribution < 1.29 is 0 Å². The van der Waals surface area contributed by atoms with Gasteiger partial charge < -0.3 is 5.32 Å². The van der Waals surface area contributed by atoms with Crippen molar-refractivity contribution in [1.82, 2.24) is 5.32 Å². The number of hydrogen-bond acceptors (Lipinski definition) is 1. The van der Waals surface area contributed by atoms with Crippen LogP contribution in [-0.4, -0.2) is 6.04 Å². The second kappa shape index (κ2) is 12.4. The maximum absolute atomic E-state index is 4.12.